The number of aryl methyl sites for hydroxylation is 1. The number of amides is 2. The van der Waals surface area contributed by atoms with E-state index in [0.717, 1.165) is 22.9 Å². The molecule has 3 aromatic rings. The van der Waals surface area contributed by atoms with Crippen molar-refractivity contribution in [3.05, 3.63) is 101 Å². The predicted molar refractivity (Wildman–Crippen MR) is 129 cm³/mol. The molecule has 1 fully saturated rings. The molecule has 6 nitrogen and oxygen atoms in total. The number of carbonyl (C=O) groups excluding carboxylic acids is 2. The van der Waals surface area contributed by atoms with E-state index in [0.29, 0.717) is 18.4 Å². The number of rotatable bonds is 7. The van der Waals surface area contributed by atoms with Gasteiger partial charge in [0.2, 0.25) is 5.91 Å². The molecule has 0 saturated carbocycles. The molecule has 2 amide bonds. The standard InChI is InChI=1S/C27H27NO5S/c1-19-8-6-7-11-22(19)17-25(21-12-14-24(15-13-21)34(2,31)32)26(29)28-23(18-33-27(28)30)16-20-9-4-3-5-10-20/h3-15,23,25H,16-18H2,1-2H3/t23-,25-/m0/s1. The Bertz CT molecular complexity index is 1290. The summed E-state index contributed by atoms with van der Waals surface area (Å²) in [7, 11) is -3.37. The van der Waals surface area contributed by atoms with Crippen LogP contribution in [0.1, 0.15) is 28.2 Å². The summed E-state index contributed by atoms with van der Waals surface area (Å²) in [5.74, 6) is -1.02. The Hall–Kier alpha value is -3.45. The molecule has 0 N–H and O–H groups in total. The van der Waals surface area contributed by atoms with Crippen molar-refractivity contribution in [2.75, 3.05) is 12.9 Å². The van der Waals surface area contributed by atoms with Crippen LogP contribution >= 0.6 is 0 Å². The maximum absolute atomic E-state index is 13.9. The Labute approximate surface area is 200 Å². The van der Waals surface area contributed by atoms with Gasteiger partial charge in [0.15, 0.2) is 9.84 Å². The van der Waals surface area contributed by atoms with E-state index in [2.05, 4.69) is 0 Å². The van der Waals surface area contributed by atoms with Crippen LogP contribution in [0.3, 0.4) is 0 Å². The Kier molecular flexibility index (Phi) is 6.84. The molecule has 3 aromatic carbocycles. The van der Waals surface area contributed by atoms with Gasteiger partial charge in [0.05, 0.1) is 16.9 Å². The lowest BCUT2D eigenvalue weighted by atomic mass is 9.88. The Morgan fingerprint density at radius 1 is 1.00 bits per heavy atom. The third kappa shape index (κ3) is 5.20. The smallest absolute Gasteiger partial charge is 0.417 e. The fourth-order valence-electron chi connectivity index (χ4n) is 4.29. The molecule has 2 atom stereocenters. The normalized spacial score (nSPS) is 16.8. The summed E-state index contributed by atoms with van der Waals surface area (Å²) in [4.78, 5) is 27.9. The highest BCUT2D eigenvalue weighted by Crippen LogP contribution is 2.29. The molecule has 1 saturated heterocycles. The lowest BCUT2D eigenvalue weighted by Gasteiger charge is -2.26. The molecule has 0 unspecified atom stereocenters. The fourth-order valence-corrected chi connectivity index (χ4v) is 4.92. The van der Waals surface area contributed by atoms with Crippen LogP contribution in [0.25, 0.3) is 0 Å². The Morgan fingerprint density at radius 3 is 2.29 bits per heavy atom. The number of cyclic esters (lactones) is 1. The molecule has 4 rings (SSSR count). The number of benzene rings is 3. The van der Waals surface area contributed by atoms with Gasteiger partial charge >= 0.3 is 6.09 Å². The first-order chi connectivity index (χ1) is 16.2. The van der Waals surface area contributed by atoms with Gasteiger partial charge in [-0.25, -0.2) is 18.1 Å². The summed E-state index contributed by atoms with van der Waals surface area (Å²) in [5, 5.41) is 0. The zero-order chi connectivity index (χ0) is 24.3. The molecule has 0 aromatic heterocycles. The molecule has 0 bridgehead atoms. The van der Waals surface area contributed by atoms with Gasteiger partial charge < -0.3 is 4.74 Å². The second-order valence-electron chi connectivity index (χ2n) is 8.65. The maximum Gasteiger partial charge on any atom is 0.417 e. The maximum atomic E-state index is 13.9. The van der Waals surface area contributed by atoms with E-state index in [9.17, 15) is 18.0 Å². The fraction of sp³-hybridized carbons (Fsp3) is 0.259. The first-order valence-corrected chi connectivity index (χ1v) is 13.0. The Balaban J connectivity index is 1.69. The first-order valence-electron chi connectivity index (χ1n) is 11.1. The van der Waals surface area contributed by atoms with Crippen LogP contribution in [-0.4, -0.2) is 44.2 Å². The van der Waals surface area contributed by atoms with Gasteiger partial charge in [-0.05, 0) is 54.2 Å². The molecule has 7 heteroatoms. The van der Waals surface area contributed by atoms with E-state index >= 15 is 0 Å². The average Bonchev–Trinajstić information content (AvgIpc) is 3.18. The van der Waals surface area contributed by atoms with Crippen molar-refractivity contribution in [2.45, 2.75) is 36.6 Å². The second-order valence-corrected chi connectivity index (χ2v) is 10.7. The monoisotopic (exact) mass is 477 g/mol. The largest absolute Gasteiger partial charge is 0.447 e. The minimum absolute atomic E-state index is 0.142. The minimum Gasteiger partial charge on any atom is -0.447 e. The zero-order valence-corrected chi connectivity index (χ0v) is 20.0. The van der Waals surface area contributed by atoms with Crippen LogP contribution in [-0.2, 0) is 32.2 Å². The van der Waals surface area contributed by atoms with Crippen molar-refractivity contribution >= 4 is 21.8 Å². The molecular formula is C27H27NO5S. The highest BCUT2D eigenvalue weighted by atomic mass is 32.2. The summed E-state index contributed by atoms with van der Waals surface area (Å²) < 4.78 is 29.1. The van der Waals surface area contributed by atoms with Gasteiger partial charge in [0, 0.05) is 6.26 Å². The first kappa shape index (κ1) is 23.7. The number of imide groups is 1. The van der Waals surface area contributed by atoms with Crippen molar-refractivity contribution in [1.29, 1.82) is 0 Å². The molecule has 0 radical (unpaired) electrons. The van der Waals surface area contributed by atoms with Gasteiger partial charge in [0.1, 0.15) is 6.61 Å². The molecule has 176 valence electrons. The third-order valence-electron chi connectivity index (χ3n) is 6.21. The second kappa shape index (κ2) is 9.81. The summed E-state index contributed by atoms with van der Waals surface area (Å²) in [6, 6.07) is 23.4. The van der Waals surface area contributed by atoms with Crippen molar-refractivity contribution < 1.29 is 22.7 Å². The molecule has 1 aliphatic rings. The van der Waals surface area contributed by atoms with E-state index in [1.165, 1.54) is 17.0 Å². The highest BCUT2D eigenvalue weighted by molar-refractivity contribution is 7.90. The topological polar surface area (TPSA) is 80.8 Å². The highest BCUT2D eigenvalue weighted by Gasteiger charge is 2.41. The summed E-state index contributed by atoms with van der Waals surface area (Å²) in [6.45, 7) is 2.12. The Morgan fingerprint density at radius 2 is 1.65 bits per heavy atom. The van der Waals surface area contributed by atoms with Gasteiger partial charge in [0.25, 0.3) is 0 Å². The van der Waals surface area contributed by atoms with Crippen molar-refractivity contribution in [3.63, 3.8) is 0 Å². The summed E-state index contributed by atoms with van der Waals surface area (Å²) >= 11 is 0. The van der Waals surface area contributed by atoms with E-state index in [-0.39, 0.29) is 17.4 Å². The number of carbonyl (C=O) groups is 2. The molecule has 1 heterocycles. The zero-order valence-electron chi connectivity index (χ0n) is 19.2. The number of sulfone groups is 1. The average molecular weight is 478 g/mol. The van der Waals surface area contributed by atoms with Crippen molar-refractivity contribution in [1.82, 2.24) is 4.90 Å². The lowest BCUT2D eigenvalue weighted by molar-refractivity contribution is -0.130. The summed E-state index contributed by atoms with van der Waals surface area (Å²) in [5.41, 5.74) is 3.69. The van der Waals surface area contributed by atoms with Gasteiger partial charge in [-0.1, -0.05) is 66.7 Å². The van der Waals surface area contributed by atoms with Crippen LogP contribution in [0.2, 0.25) is 0 Å². The van der Waals surface area contributed by atoms with Gasteiger partial charge in [-0.2, -0.15) is 0 Å². The molecule has 0 spiro atoms. The quantitative estimate of drug-likeness (QED) is 0.506. The van der Waals surface area contributed by atoms with E-state index in [1.54, 1.807) is 12.1 Å². The number of nitrogens with zero attached hydrogens (tertiary/aromatic N) is 1. The number of ether oxygens (including phenoxy) is 1. The molecule has 0 aliphatic carbocycles. The van der Waals surface area contributed by atoms with Gasteiger partial charge in [-0.15, -0.1) is 0 Å². The van der Waals surface area contributed by atoms with Gasteiger partial charge in [-0.3, -0.25) is 4.79 Å². The number of hydrogen-bond acceptors (Lipinski definition) is 5. The predicted octanol–water partition coefficient (Wildman–Crippen LogP) is 4.31. The number of hydrogen-bond donors (Lipinski definition) is 0. The van der Waals surface area contributed by atoms with Crippen LogP contribution in [0.4, 0.5) is 4.79 Å². The molecule has 1 aliphatic heterocycles. The van der Waals surface area contributed by atoms with Crippen LogP contribution in [0.15, 0.2) is 83.8 Å². The van der Waals surface area contributed by atoms with Crippen LogP contribution in [0, 0.1) is 6.92 Å². The summed E-state index contributed by atoms with van der Waals surface area (Å²) in [6.07, 6.45) is 1.38. The molecule has 34 heavy (non-hydrogen) atoms. The van der Waals surface area contributed by atoms with Crippen molar-refractivity contribution in [3.8, 4) is 0 Å². The SMILES string of the molecule is Cc1ccccc1C[C@H](C(=O)N1C(=O)OC[C@@H]1Cc1ccccc1)c1ccc(S(C)(=O)=O)cc1. The van der Waals surface area contributed by atoms with E-state index in [4.69, 9.17) is 4.74 Å². The third-order valence-corrected chi connectivity index (χ3v) is 7.34. The van der Waals surface area contributed by atoms with E-state index in [1.807, 2.05) is 61.5 Å². The van der Waals surface area contributed by atoms with Crippen LogP contribution in [0.5, 0.6) is 0 Å². The van der Waals surface area contributed by atoms with Crippen molar-refractivity contribution in [2.24, 2.45) is 0 Å². The van der Waals surface area contributed by atoms with E-state index < -0.39 is 27.9 Å². The lowest BCUT2D eigenvalue weighted by Crippen LogP contribution is -2.43. The minimum atomic E-state index is -3.37. The van der Waals surface area contributed by atoms with Crippen LogP contribution < -0.4 is 0 Å². The molecular weight excluding hydrogens is 450 g/mol.